The van der Waals surface area contributed by atoms with E-state index in [9.17, 15) is 9.59 Å². The minimum Gasteiger partial charge on any atom is -0.494 e. The number of unbranched alkanes of at least 4 members (excludes halogenated alkanes) is 4. The fourth-order valence-corrected chi connectivity index (χ4v) is 4.66. The molecule has 1 heterocycles. The van der Waals surface area contributed by atoms with Crippen LogP contribution in [0.25, 0.3) is 16.6 Å². The molecule has 0 saturated heterocycles. The molecule has 36 heavy (non-hydrogen) atoms. The Hall–Kier alpha value is -3.15. The van der Waals surface area contributed by atoms with E-state index >= 15 is 0 Å². The second kappa shape index (κ2) is 13.8. The zero-order valence-corrected chi connectivity index (χ0v) is 22.3. The number of nitrogens with zero attached hydrogens (tertiary/aromatic N) is 3. The largest absolute Gasteiger partial charge is 0.494 e. The quantitative estimate of drug-likeness (QED) is 0.232. The van der Waals surface area contributed by atoms with Gasteiger partial charge in [0, 0.05) is 13.0 Å². The number of ether oxygens (including phenoxy) is 1. The van der Waals surface area contributed by atoms with Crippen molar-refractivity contribution in [3.63, 3.8) is 0 Å². The van der Waals surface area contributed by atoms with E-state index in [2.05, 4.69) is 20.8 Å². The molecule has 6 nitrogen and oxygen atoms in total. The third-order valence-electron chi connectivity index (χ3n) is 6.59. The summed E-state index contributed by atoms with van der Waals surface area (Å²) < 4.78 is 7.30. The number of hydrogen-bond acceptors (Lipinski definition) is 4. The Balaban J connectivity index is 2.15. The molecule has 1 aromatic heterocycles. The molecule has 0 fully saturated rings. The molecule has 0 bridgehead atoms. The molecule has 0 N–H and O–H groups in total. The van der Waals surface area contributed by atoms with Crippen LogP contribution in [-0.4, -0.2) is 33.5 Å². The smallest absolute Gasteiger partial charge is 0.266 e. The van der Waals surface area contributed by atoms with Crippen LogP contribution in [0, 0.1) is 0 Å². The van der Waals surface area contributed by atoms with Gasteiger partial charge in [-0.25, -0.2) is 4.98 Å². The van der Waals surface area contributed by atoms with Crippen LogP contribution in [-0.2, 0) is 4.79 Å². The maximum absolute atomic E-state index is 13.8. The first-order chi connectivity index (χ1) is 17.5. The van der Waals surface area contributed by atoms with Crippen LogP contribution in [0.1, 0.15) is 90.9 Å². The average molecular weight is 492 g/mol. The molecule has 3 rings (SSSR count). The fraction of sp³-hybridized carbons (Fsp3) is 0.500. The van der Waals surface area contributed by atoms with Crippen molar-refractivity contribution >= 4 is 16.8 Å². The SMILES string of the molecule is CCCCCCN(C(=O)CCCC)C(CC)c1nc2ccccc2c(=O)n1-c1ccc(OCC)cc1. The van der Waals surface area contributed by atoms with Gasteiger partial charge in [-0.1, -0.05) is 58.6 Å². The van der Waals surface area contributed by atoms with E-state index in [0.717, 1.165) is 50.0 Å². The minimum atomic E-state index is -0.292. The second-order valence-electron chi connectivity index (χ2n) is 9.23. The first kappa shape index (κ1) is 27.4. The molecular formula is C30H41N3O3. The molecule has 1 atom stereocenters. The van der Waals surface area contributed by atoms with Crippen LogP contribution >= 0.6 is 0 Å². The molecule has 0 spiro atoms. The highest BCUT2D eigenvalue weighted by molar-refractivity contribution is 5.79. The van der Waals surface area contributed by atoms with Crippen molar-refractivity contribution in [3.8, 4) is 11.4 Å². The van der Waals surface area contributed by atoms with Crippen LogP contribution < -0.4 is 10.3 Å². The van der Waals surface area contributed by atoms with Gasteiger partial charge in [-0.2, -0.15) is 0 Å². The molecule has 1 amide bonds. The molecule has 3 aromatic rings. The van der Waals surface area contributed by atoms with Crippen LogP contribution in [0.2, 0.25) is 0 Å². The molecule has 0 aliphatic rings. The third kappa shape index (κ3) is 6.54. The predicted molar refractivity (Wildman–Crippen MR) is 147 cm³/mol. The normalized spacial score (nSPS) is 12.0. The summed E-state index contributed by atoms with van der Waals surface area (Å²) in [5.74, 6) is 1.51. The van der Waals surface area contributed by atoms with Crippen molar-refractivity contribution < 1.29 is 9.53 Å². The Kier molecular flexibility index (Phi) is 10.5. The Morgan fingerprint density at radius 1 is 0.944 bits per heavy atom. The Morgan fingerprint density at radius 3 is 2.33 bits per heavy atom. The van der Waals surface area contributed by atoms with Gasteiger partial charge >= 0.3 is 0 Å². The van der Waals surface area contributed by atoms with E-state index in [1.54, 1.807) is 4.57 Å². The monoisotopic (exact) mass is 491 g/mol. The number of aromatic nitrogens is 2. The topological polar surface area (TPSA) is 64.4 Å². The van der Waals surface area contributed by atoms with Crippen molar-refractivity contribution in [1.29, 1.82) is 0 Å². The predicted octanol–water partition coefficient (Wildman–Crippen LogP) is 6.83. The number of amides is 1. The van der Waals surface area contributed by atoms with E-state index in [-0.39, 0.29) is 17.5 Å². The van der Waals surface area contributed by atoms with Gasteiger partial charge in [0.15, 0.2) is 0 Å². The van der Waals surface area contributed by atoms with Crippen molar-refractivity contribution in [3.05, 3.63) is 64.7 Å². The van der Waals surface area contributed by atoms with Crippen LogP contribution in [0.15, 0.2) is 53.3 Å². The van der Waals surface area contributed by atoms with Gasteiger partial charge in [-0.05, 0) is 62.6 Å². The number of benzene rings is 2. The Labute approximate surface area is 215 Å². The van der Waals surface area contributed by atoms with Crippen molar-refractivity contribution in [2.24, 2.45) is 0 Å². The molecule has 0 aliphatic carbocycles. The third-order valence-corrected chi connectivity index (χ3v) is 6.59. The minimum absolute atomic E-state index is 0.120. The maximum Gasteiger partial charge on any atom is 0.266 e. The highest BCUT2D eigenvalue weighted by Crippen LogP contribution is 2.28. The van der Waals surface area contributed by atoms with E-state index < -0.39 is 0 Å². The van der Waals surface area contributed by atoms with Gasteiger partial charge in [0.25, 0.3) is 5.56 Å². The van der Waals surface area contributed by atoms with Crippen molar-refractivity contribution in [1.82, 2.24) is 14.5 Å². The molecule has 2 aromatic carbocycles. The lowest BCUT2D eigenvalue weighted by Crippen LogP contribution is -2.39. The van der Waals surface area contributed by atoms with Gasteiger partial charge in [-0.15, -0.1) is 0 Å². The molecular weight excluding hydrogens is 450 g/mol. The number of carbonyl (C=O) groups excluding carboxylic acids is 1. The van der Waals surface area contributed by atoms with Gasteiger partial charge in [0.05, 0.1) is 29.2 Å². The molecule has 0 aliphatic heterocycles. The molecule has 6 heteroatoms. The lowest BCUT2D eigenvalue weighted by Gasteiger charge is -2.32. The van der Waals surface area contributed by atoms with Gasteiger partial charge < -0.3 is 9.64 Å². The Bertz CT molecular complexity index is 1170. The second-order valence-corrected chi connectivity index (χ2v) is 9.23. The summed E-state index contributed by atoms with van der Waals surface area (Å²) in [7, 11) is 0. The van der Waals surface area contributed by atoms with Crippen LogP contribution in [0.5, 0.6) is 5.75 Å². The van der Waals surface area contributed by atoms with Gasteiger partial charge in [-0.3, -0.25) is 14.2 Å². The summed E-state index contributed by atoms with van der Waals surface area (Å²) in [4.78, 5) is 34.3. The molecule has 1 unspecified atom stereocenters. The summed E-state index contributed by atoms with van der Waals surface area (Å²) in [5, 5.41) is 0.566. The van der Waals surface area contributed by atoms with Crippen LogP contribution in [0.4, 0.5) is 0 Å². The summed E-state index contributed by atoms with van der Waals surface area (Å²) in [6.45, 7) is 9.55. The average Bonchev–Trinajstić information content (AvgIpc) is 2.90. The van der Waals surface area contributed by atoms with E-state index in [1.807, 2.05) is 60.4 Å². The van der Waals surface area contributed by atoms with E-state index in [4.69, 9.17) is 9.72 Å². The zero-order valence-electron chi connectivity index (χ0n) is 22.3. The first-order valence-corrected chi connectivity index (χ1v) is 13.6. The molecule has 0 radical (unpaired) electrons. The summed E-state index contributed by atoms with van der Waals surface area (Å²) in [6.07, 6.45) is 7.35. The maximum atomic E-state index is 13.8. The number of carbonyl (C=O) groups is 1. The highest BCUT2D eigenvalue weighted by Gasteiger charge is 2.28. The number of hydrogen-bond donors (Lipinski definition) is 0. The first-order valence-electron chi connectivity index (χ1n) is 13.6. The summed E-state index contributed by atoms with van der Waals surface area (Å²) >= 11 is 0. The lowest BCUT2D eigenvalue weighted by atomic mass is 10.1. The standard InChI is InChI=1S/C30H41N3O3/c1-5-9-11-14-22-32(28(34)17-10-6-2)27(7-3)29-31-26-16-13-12-15-25(26)30(35)33(29)23-18-20-24(21-19-23)36-8-4/h12-13,15-16,18-21,27H,5-11,14,17,22H2,1-4H3. The van der Waals surface area contributed by atoms with Crippen LogP contribution in [0.3, 0.4) is 0 Å². The van der Waals surface area contributed by atoms with E-state index in [1.165, 1.54) is 0 Å². The van der Waals surface area contributed by atoms with Gasteiger partial charge in [0.1, 0.15) is 11.6 Å². The fourth-order valence-electron chi connectivity index (χ4n) is 4.66. The van der Waals surface area contributed by atoms with Gasteiger partial charge in [0.2, 0.25) is 5.91 Å². The zero-order chi connectivity index (χ0) is 25.9. The van der Waals surface area contributed by atoms with Crippen molar-refractivity contribution in [2.45, 2.75) is 85.1 Å². The summed E-state index contributed by atoms with van der Waals surface area (Å²) in [6, 6.07) is 14.7. The highest BCUT2D eigenvalue weighted by atomic mass is 16.5. The number of rotatable bonds is 14. The number of para-hydroxylation sites is 1. The van der Waals surface area contributed by atoms with E-state index in [0.29, 0.717) is 42.7 Å². The summed E-state index contributed by atoms with van der Waals surface area (Å²) in [5.41, 5.74) is 1.26. The molecule has 0 saturated carbocycles. The van der Waals surface area contributed by atoms with Crippen molar-refractivity contribution in [2.75, 3.05) is 13.2 Å². The number of fused-ring (bicyclic) bond motifs is 1. The lowest BCUT2D eigenvalue weighted by molar-refractivity contribution is -0.134. The Morgan fingerprint density at radius 2 is 1.67 bits per heavy atom. The molecule has 194 valence electrons.